The Morgan fingerprint density at radius 2 is 2.31 bits per heavy atom. The third kappa shape index (κ3) is 2.73. The lowest BCUT2D eigenvalue weighted by Crippen LogP contribution is -2.26. The van der Waals surface area contributed by atoms with Crippen molar-refractivity contribution in [3.63, 3.8) is 0 Å². The summed E-state index contributed by atoms with van der Waals surface area (Å²) in [6.07, 6.45) is 5.57. The Labute approximate surface area is 102 Å². The summed E-state index contributed by atoms with van der Waals surface area (Å²) in [6, 6.07) is 3.21. The van der Waals surface area contributed by atoms with Crippen LogP contribution < -0.4 is 5.32 Å². The molecule has 1 atom stereocenters. The molecule has 0 aromatic carbocycles. The minimum atomic E-state index is 0.482. The van der Waals surface area contributed by atoms with Crippen LogP contribution in [0.4, 0.5) is 5.82 Å². The topological polar surface area (TPSA) is 29.9 Å². The number of aromatic nitrogens is 2. The first-order valence-electron chi connectivity index (χ1n) is 6.19. The molecule has 1 aromatic rings. The molecular weight excluding hydrogens is 218 g/mol. The summed E-state index contributed by atoms with van der Waals surface area (Å²) in [5.41, 5.74) is 0. The number of hydrogen-bond acceptors (Lipinski definition) is 3. The van der Waals surface area contributed by atoms with Crippen LogP contribution in [0.5, 0.6) is 0 Å². The molecule has 0 aliphatic carbocycles. The maximum Gasteiger partial charge on any atom is 0.124 e. The van der Waals surface area contributed by atoms with Gasteiger partial charge in [0, 0.05) is 12.1 Å². The zero-order chi connectivity index (χ0) is 11.4. The molecule has 16 heavy (non-hydrogen) atoms. The van der Waals surface area contributed by atoms with Gasteiger partial charge >= 0.3 is 0 Å². The molecule has 1 unspecified atom stereocenters. The van der Waals surface area contributed by atoms with Crippen LogP contribution in [0, 0.1) is 0 Å². The summed E-state index contributed by atoms with van der Waals surface area (Å²) in [5, 5.41) is 8.03. The van der Waals surface area contributed by atoms with E-state index in [1.807, 2.05) is 6.20 Å². The second kappa shape index (κ2) is 5.62. The molecule has 1 N–H and O–H groups in total. The first kappa shape index (κ1) is 11.8. The van der Waals surface area contributed by atoms with E-state index in [0.29, 0.717) is 12.1 Å². The number of nitrogens with zero attached hydrogens (tertiary/aromatic N) is 2. The van der Waals surface area contributed by atoms with E-state index < -0.39 is 0 Å². The average molecular weight is 239 g/mol. The summed E-state index contributed by atoms with van der Waals surface area (Å²) < 4.78 is 2.11. The fraction of sp³-hybridized carbons (Fsp3) is 0.750. The van der Waals surface area contributed by atoms with E-state index in [9.17, 15) is 0 Å². The van der Waals surface area contributed by atoms with Crippen LogP contribution in [0.2, 0.25) is 0 Å². The normalized spacial score (nSPS) is 19.6. The third-order valence-electron chi connectivity index (χ3n) is 3.25. The molecule has 2 rings (SSSR count). The Morgan fingerprint density at radius 3 is 3.00 bits per heavy atom. The van der Waals surface area contributed by atoms with Crippen molar-refractivity contribution in [2.75, 3.05) is 16.8 Å². The Balaban J connectivity index is 2.00. The fourth-order valence-corrected chi connectivity index (χ4v) is 3.11. The molecule has 0 saturated carbocycles. The number of rotatable bonds is 4. The van der Waals surface area contributed by atoms with E-state index >= 15 is 0 Å². The van der Waals surface area contributed by atoms with Gasteiger partial charge in [-0.1, -0.05) is 6.92 Å². The van der Waals surface area contributed by atoms with Gasteiger partial charge in [-0.05, 0) is 37.7 Å². The number of anilines is 1. The van der Waals surface area contributed by atoms with Crippen LogP contribution in [-0.4, -0.2) is 27.3 Å². The van der Waals surface area contributed by atoms with Crippen LogP contribution >= 0.6 is 11.8 Å². The van der Waals surface area contributed by atoms with Gasteiger partial charge in [-0.3, -0.25) is 0 Å². The average Bonchev–Trinajstić information content (AvgIpc) is 2.77. The lowest BCUT2D eigenvalue weighted by molar-refractivity contribution is 0.479. The first-order chi connectivity index (χ1) is 7.81. The Hall–Kier alpha value is -0.640. The SMILES string of the molecule is CCC(C)n1nccc1NC1CCSCC1. The van der Waals surface area contributed by atoms with Crippen molar-refractivity contribution in [2.24, 2.45) is 0 Å². The molecule has 1 aliphatic heterocycles. The molecular formula is C12H21N3S. The van der Waals surface area contributed by atoms with Crippen molar-refractivity contribution in [1.82, 2.24) is 9.78 Å². The third-order valence-corrected chi connectivity index (χ3v) is 4.30. The zero-order valence-electron chi connectivity index (χ0n) is 10.1. The molecule has 1 aliphatic rings. The molecule has 1 saturated heterocycles. The van der Waals surface area contributed by atoms with Gasteiger partial charge in [0.2, 0.25) is 0 Å². The molecule has 1 aromatic heterocycles. The van der Waals surface area contributed by atoms with Crippen molar-refractivity contribution in [3.8, 4) is 0 Å². The molecule has 0 amide bonds. The minimum Gasteiger partial charge on any atom is -0.367 e. The predicted octanol–water partition coefficient (Wildman–Crippen LogP) is 3.16. The van der Waals surface area contributed by atoms with E-state index in [-0.39, 0.29) is 0 Å². The van der Waals surface area contributed by atoms with Gasteiger partial charge in [0.05, 0.1) is 12.2 Å². The van der Waals surface area contributed by atoms with E-state index in [2.05, 4.69) is 46.8 Å². The van der Waals surface area contributed by atoms with Crippen molar-refractivity contribution in [3.05, 3.63) is 12.3 Å². The largest absolute Gasteiger partial charge is 0.367 e. The van der Waals surface area contributed by atoms with Crippen LogP contribution in [0.25, 0.3) is 0 Å². The summed E-state index contributed by atoms with van der Waals surface area (Å²) in [7, 11) is 0. The Morgan fingerprint density at radius 1 is 1.56 bits per heavy atom. The quantitative estimate of drug-likeness (QED) is 0.875. The highest BCUT2D eigenvalue weighted by molar-refractivity contribution is 7.99. The summed E-state index contributed by atoms with van der Waals surface area (Å²) in [6.45, 7) is 4.42. The standard InChI is InChI=1S/C12H21N3S/c1-3-10(2)15-12(4-7-13-15)14-11-5-8-16-9-6-11/h4,7,10-11,14H,3,5-6,8-9H2,1-2H3. The van der Waals surface area contributed by atoms with Gasteiger partial charge in [-0.2, -0.15) is 16.9 Å². The monoisotopic (exact) mass is 239 g/mol. The van der Waals surface area contributed by atoms with Gasteiger partial charge in [-0.15, -0.1) is 0 Å². The number of hydrogen-bond donors (Lipinski definition) is 1. The van der Waals surface area contributed by atoms with E-state index in [4.69, 9.17) is 0 Å². The van der Waals surface area contributed by atoms with Crippen molar-refractivity contribution < 1.29 is 0 Å². The second-order valence-electron chi connectivity index (χ2n) is 4.45. The lowest BCUT2D eigenvalue weighted by atomic mass is 10.1. The molecule has 3 nitrogen and oxygen atoms in total. The van der Waals surface area contributed by atoms with Gasteiger partial charge in [-0.25, -0.2) is 4.68 Å². The molecule has 1 fully saturated rings. The van der Waals surface area contributed by atoms with Gasteiger partial charge in [0.25, 0.3) is 0 Å². The molecule has 90 valence electrons. The van der Waals surface area contributed by atoms with Crippen molar-refractivity contribution in [1.29, 1.82) is 0 Å². The molecule has 0 radical (unpaired) electrons. The Bertz CT molecular complexity index is 318. The highest BCUT2D eigenvalue weighted by Gasteiger charge is 2.16. The second-order valence-corrected chi connectivity index (χ2v) is 5.67. The summed E-state index contributed by atoms with van der Waals surface area (Å²) in [5.74, 6) is 3.76. The fourth-order valence-electron chi connectivity index (χ4n) is 2.00. The molecule has 0 spiro atoms. The highest BCUT2D eigenvalue weighted by atomic mass is 32.2. The minimum absolute atomic E-state index is 0.482. The number of thioether (sulfide) groups is 1. The highest BCUT2D eigenvalue weighted by Crippen LogP contribution is 2.22. The Kier molecular flexibility index (Phi) is 4.16. The zero-order valence-corrected chi connectivity index (χ0v) is 11.0. The first-order valence-corrected chi connectivity index (χ1v) is 7.34. The summed E-state index contributed by atoms with van der Waals surface area (Å²) in [4.78, 5) is 0. The maximum absolute atomic E-state index is 4.40. The van der Waals surface area contributed by atoms with Gasteiger partial charge in [0.15, 0.2) is 0 Å². The van der Waals surface area contributed by atoms with Crippen LogP contribution in [0.15, 0.2) is 12.3 Å². The summed E-state index contributed by atoms with van der Waals surface area (Å²) >= 11 is 2.06. The van der Waals surface area contributed by atoms with Gasteiger partial charge in [0.1, 0.15) is 5.82 Å². The molecule has 2 heterocycles. The molecule has 4 heteroatoms. The van der Waals surface area contributed by atoms with E-state index in [0.717, 1.165) is 6.42 Å². The number of nitrogens with one attached hydrogen (secondary N) is 1. The predicted molar refractivity (Wildman–Crippen MR) is 71.2 cm³/mol. The van der Waals surface area contributed by atoms with Gasteiger partial charge < -0.3 is 5.32 Å². The lowest BCUT2D eigenvalue weighted by Gasteiger charge is -2.25. The van der Waals surface area contributed by atoms with Crippen LogP contribution in [-0.2, 0) is 0 Å². The van der Waals surface area contributed by atoms with Crippen LogP contribution in [0.1, 0.15) is 39.2 Å². The van der Waals surface area contributed by atoms with E-state index in [1.165, 1.54) is 30.2 Å². The van der Waals surface area contributed by atoms with Crippen LogP contribution in [0.3, 0.4) is 0 Å². The van der Waals surface area contributed by atoms with Crippen molar-refractivity contribution >= 4 is 17.6 Å². The maximum atomic E-state index is 4.40. The smallest absolute Gasteiger partial charge is 0.124 e. The van der Waals surface area contributed by atoms with Crippen molar-refractivity contribution in [2.45, 2.75) is 45.2 Å². The molecule has 0 bridgehead atoms. The van der Waals surface area contributed by atoms with E-state index in [1.54, 1.807) is 0 Å².